The molecular weight excluding hydrogens is 292 g/mol. The van der Waals surface area contributed by atoms with Crippen molar-refractivity contribution in [2.45, 2.75) is 44.4 Å². The van der Waals surface area contributed by atoms with Gasteiger partial charge in [0.2, 0.25) is 5.91 Å². The molecule has 0 aliphatic heterocycles. The van der Waals surface area contributed by atoms with Gasteiger partial charge in [0.05, 0.1) is 19.2 Å². The summed E-state index contributed by atoms with van der Waals surface area (Å²) >= 11 is 0. The van der Waals surface area contributed by atoms with Crippen molar-refractivity contribution in [2.75, 3.05) is 12.4 Å². The number of rotatable bonds is 5. The van der Waals surface area contributed by atoms with Crippen LogP contribution in [0.4, 0.5) is 5.82 Å². The number of amides is 1. The fourth-order valence-corrected chi connectivity index (χ4v) is 3.10. The number of H-pyrrole nitrogens is 1. The Morgan fingerprint density at radius 3 is 3.00 bits per heavy atom. The van der Waals surface area contributed by atoms with Crippen molar-refractivity contribution in [1.82, 2.24) is 15.2 Å². The highest BCUT2D eigenvalue weighted by Gasteiger charge is 2.18. The molecule has 2 heterocycles. The zero-order valence-corrected chi connectivity index (χ0v) is 13.3. The van der Waals surface area contributed by atoms with E-state index in [-0.39, 0.29) is 12.3 Å². The summed E-state index contributed by atoms with van der Waals surface area (Å²) in [6.45, 7) is 0. The summed E-state index contributed by atoms with van der Waals surface area (Å²) < 4.78 is 5.22. The zero-order chi connectivity index (χ0) is 16.1. The molecule has 2 aromatic heterocycles. The maximum absolute atomic E-state index is 12.2. The Hall–Kier alpha value is -2.37. The normalized spacial score (nSPS) is 15.3. The summed E-state index contributed by atoms with van der Waals surface area (Å²) in [5.41, 5.74) is 1.74. The summed E-state index contributed by atoms with van der Waals surface area (Å²) in [5.74, 6) is 1.58. The Morgan fingerprint density at radius 1 is 1.39 bits per heavy atom. The van der Waals surface area contributed by atoms with Gasteiger partial charge in [0.1, 0.15) is 5.75 Å². The standard InChI is InChI=1S/C17H22N4O2/c1-23-15-8-5-9-18-14(15)11-17(22)19-16-10-13(20-21-16)12-6-3-2-4-7-12/h5,8-10,12H,2-4,6-7,11H2,1H3,(H2,19,20,21,22). The first-order chi connectivity index (χ1) is 11.3. The van der Waals surface area contributed by atoms with E-state index in [0.717, 1.165) is 5.69 Å². The van der Waals surface area contributed by atoms with Crippen LogP contribution in [-0.4, -0.2) is 28.2 Å². The number of aromatic amines is 1. The van der Waals surface area contributed by atoms with E-state index < -0.39 is 0 Å². The third-order valence-corrected chi connectivity index (χ3v) is 4.31. The van der Waals surface area contributed by atoms with Crippen LogP contribution in [0.5, 0.6) is 5.75 Å². The predicted octanol–water partition coefficient (Wildman–Crippen LogP) is 3.04. The first-order valence-corrected chi connectivity index (χ1v) is 8.09. The number of ether oxygens (including phenoxy) is 1. The lowest BCUT2D eigenvalue weighted by molar-refractivity contribution is -0.115. The van der Waals surface area contributed by atoms with E-state index in [4.69, 9.17) is 4.74 Å². The maximum atomic E-state index is 12.2. The molecule has 1 aliphatic carbocycles. The Bertz CT molecular complexity index is 662. The van der Waals surface area contributed by atoms with Gasteiger partial charge in [0.25, 0.3) is 0 Å². The van der Waals surface area contributed by atoms with E-state index in [1.54, 1.807) is 25.4 Å². The van der Waals surface area contributed by atoms with Crippen molar-refractivity contribution in [3.63, 3.8) is 0 Å². The number of methoxy groups -OCH3 is 1. The average Bonchev–Trinajstić information content (AvgIpc) is 3.04. The lowest BCUT2D eigenvalue weighted by atomic mass is 9.87. The second-order valence-electron chi connectivity index (χ2n) is 5.92. The van der Waals surface area contributed by atoms with Gasteiger partial charge in [0.15, 0.2) is 5.82 Å². The molecule has 1 aliphatic rings. The van der Waals surface area contributed by atoms with Crippen LogP contribution >= 0.6 is 0 Å². The van der Waals surface area contributed by atoms with Gasteiger partial charge in [-0.25, -0.2) is 0 Å². The lowest BCUT2D eigenvalue weighted by Gasteiger charge is -2.19. The molecule has 0 bridgehead atoms. The molecule has 6 heteroatoms. The number of aromatic nitrogens is 3. The molecule has 23 heavy (non-hydrogen) atoms. The lowest BCUT2D eigenvalue weighted by Crippen LogP contribution is -2.16. The van der Waals surface area contributed by atoms with E-state index in [2.05, 4.69) is 20.5 Å². The highest BCUT2D eigenvalue weighted by Crippen LogP contribution is 2.32. The SMILES string of the molecule is COc1cccnc1CC(=O)Nc1cc(C2CCCCC2)[nH]n1. The Kier molecular flexibility index (Phi) is 4.90. The molecule has 1 saturated carbocycles. The molecule has 0 aromatic carbocycles. The molecule has 0 spiro atoms. The van der Waals surface area contributed by atoms with Gasteiger partial charge in [-0.15, -0.1) is 0 Å². The largest absolute Gasteiger partial charge is 0.495 e. The number of carbonyl (C=O) groups excluding carboxylic acids is 1. The van der Waals surface area contributed by atoms with Crippen LogP contribution in [0, 0.1) is 0 Å². The van der Waals surface area contributed by atoms with Crippen molar-refractivity contribution in [3.8, 4) is 5.75 Å². The number of nitrogens with zero attached hydrogens (tertiary/aromatic N) is 2. The van der Waals surface area contributed by atoms with Crippen molar-refractivity contribution < 1.29 is 9.53 Å². The minimum absolute atomic E-state index is 0.149. The highest BCUT2D eigenvalue weighted by molar-refractivity contribution is 5.91. The Labute approximate surface area is 135 Å². The molecule has 2 N–H and O–H groups in total. The van der Waals surface area contributed by atoms with Crippen LogP contribution in [0.3, 0.4) is 0 Å². The predicted molar refractivity (Wildman–Crippen MR) is 87.5 cm³/mol. The fourth-order valence-electron chi connectivity index (χ4n) is 3.10. The van der Waals surface area contributed by atoms with Gasteiger partial charge in [-0.2, -0.15) is 5.10 Å². The second-order valence-corrected chi connectivity index (χ2v) is 5.92. The van der Waals surface area contributed by atoms with Crippen molar-refractivity contribution >= 4 is 11.7 Å². The molecule has 1 fully saturated rings. The zero-order valence-electron chi connectivity index (χ0n) is 13.3. The third-order valence-electron chi connectivity index (χ3n) is 4.31. The molecule has 2 aromatic rings. The first-order valence-electron chi connectivity index (χ1n) is 8.09. The number of hydrogen-bond acceptors (Lipinski definition) is 4. The Balaban J connectivity index is 1.60. The smallest absolute Gasteiger partial charge is 0.231 e. The first kappa shape index (κ1) is 15.5. The van der Waals surface area contributed by atoms with Crippen LogP contribution in [0.15, 0.2) is 24.4 Å². The molecule has 0 atom stereocenters. The summed E-state index contributed by atoms with van der Waals surface area (Å²) in [5, 5.41) is 10.1. The molecule has 0 unspecified atom stereocenters. The molecule has 1 amide bonds. The van der Waals surface area contributed by atoms with Crippen LogP contribution in [0.2, 0.25) is 0 Å². The topological polar surface area (TPSA) is 79.9 Å². The molecule has 0 saturated heterocycles. The summed E-state index contributed by atoms with van der Waals surface area (Å²) in [7, 11) is 1.57. The van der Waals surface area contributed by atoms with E-state index in [9.17, 15) is 4.79 Å². The Morgan fingerprint density at radius 2 is 2.22 bits per heavy atom. The second kappa shape index (κ2) is 7.26. The van der Waals surface area contributed by atoms with Gasteiger partial charge >= 0.3 is 0 Å². The number of anilines is 1. The number of carbonyl (C=O) groups is 1. The monoisotopic (exact) mass is 314 g/mol. The van der Waals surface area contributed by atoms with E-state index in [0.29, 0.717) is 23.2 Å². The molecular formula is C17H22N4O2. The van der Waals surface area contributed by atoms with Gasteiger partial charge in [0, 0.05) is 23.9 Å². The molecule has 122 valence electrons. The quantitative estimate of drug-likeness (QED) is 0.889. The minimum Gasteiger partial charge on any atom is -0.495 e. The van der Waals surface area contributed by atoms with Crippen LogP contribution < -0.4 is 10.1 Å². The number of nitrogens with one attached hydrogen (secondary N) is 2. The number of pyridine rings is 1. The van der Waals surface area contributed by atoms with E-state index in [1.165, 1.54) is 32.1 Å². The van der Waals surface area contributed by atoms with Crippen molar-refractivity contribution in [1.29, 1.82) is 0 Å². The maximum Gasteiger partial charge on any atom is 0.231 e. The summed E-state index contributed by atoms with van der Waals surface area (Å²) in [6.07, 6.45) is 8.06. The van der Waals surface area contributed by atoms with Gasteiger partial charge < -0.3 is 10.1 Å². The molecule has 3 rings (SSSR count). The summed E-state index contributed by atoms with van der Waals surface area (Å²) in [4.78, 5) is 16.4. The summed E-state index contributed by atoms with van der Waals surface area (Å²) in [6, 6.07) is 5.53. The third kappa shape index (κ3) is 3.88. The van der Waals surface area contributed by atoms with E-state index >= 15 is 0 Å². The van der Waals surface area contributed by atoms with Crippen LogP contribution in [0.1, 0.15) is 49.4 Å². The number of hydrogen-bond donors (Lipinski definition) is 2. The average molecular weight is 314 g/mol. The molecule has 0 radical (unpaired) electrons. The van der Waals surface area contributed by atoms with Crippen LogP contribution in [-0.2, 0) is 11.2 Å². The van der Waals surface area contributed by atoms with Gasteiger partial charge in [-0.1, -0.05) is 19.3 Å². The van der Waals surface area contributed by atoms with Gasteiger partial charge in [-0.3, -0.25) is 14.9 Å². The fraction of sp³-hybridized carbons (Fsp3) is 0.471. The van der Waals surface area contributed by atoms with Crippen LogP contribution in [0.25, 0.3) is 0 Å². The highest BCUT2D eigenvalue weighted by atomic mass is 16.5. The minimum atomic E-state index is -0.149. The van der Waals surface area contributed by atoms with Crippen molar-refractivity contribution in [3.05, 3.63) is 35.8 Å². The molecule has 6 nitrogen and oxygen atoms in total. The van der Waals surface area contributed by atoms with Crippen molar-refractivity contribution in [2.24, 2.45) is 0 Å². The van der Waals surface area contributed by atoms with E-state index in [1.807, 2.05) is 6.07 Å². The van der Waals surface area contributed by atoms with Gasteiger partial charge in [-0.05, 0) is 25.0 Å².